The lowest BCUT2D eigenvalue weighted by Crippen LogP contribution is -2.13. The number of nitrogens with one attached hydrogen (secondary N) is 2. The fourth-order valence-corrected chi connectivity index (χ4v) is 2.68. The van der Waals surface area contributed by atoms with Gasteiger partial charge in [-0.2, -0.15) is 0 Å². The maximum absolute atomic E-state index is 12.6. The summed E-state index contributed by atoms with van der Waals surface area (Å²) in [4.78, 5) is 23.7. The minimum absolute atomic E-state index is 0.197. The van der Waals surface area contributed by atoms with E-state index in [0.29, 0.717) is 46.7 Å². The van der Waals surface area contributed by atoms with Gasteiger partial charge in [0.25, 0.3) is 5.91 Å². The molecule has 2 rings (SSSR count). The average Bonchev–Trinajstić information content (AvgIpc) is 2.65. The largest absolute Gasteiger partial charge is 0.490 e. The number of amides is 2. The van der Waals surface area contributed by atoms with Crippen molar-refractivity contribution in [2.75, 3.05) is 23.8 Å². The second-order valence-corrected chi connectivity index (χ2v) is 6.53. The van der Waals surface area contributed by atoms with Crippen LogP contribution in [0.1, 0.15) is 44.0 Å². The summed E-state index contributed by atoms with van der Waals surface area (Å²) >= 11 is 6.21. The molecule has 0 radical (unpaired) electrons. The Morgan fingerprint density at radius 2 is 1.79 bits per heavy atom. The number of benzene rings is 2. The van der Waals surface area contributed by atoms with E-state index in [1.807, 2.05) is 6.92 Å². The average molecular weight is 405 g/mol. The summed E-state index contributed by atoms with van der Waals surface area (Å²) < 4.78 is 11.3. The Morgan fingerprint density at radius 1 is 1.00 bits per heavy atom. The highest BCUT2D eigenvalue weighted by atomic mass is 35.5. The maximum atomic E-state index is 12.6. The molecule has 0 aromatic heterocycles. The van der Waals surface area contributed by atoms with E-state index in [0.717, 1.165) is 12.8 Å². The Morgan fingerprint density at radius 3 is 2.43 bits per heavy atom. The molecule has 0 fully saturated rings. The Kier molecular flexibility index (Phi) is 8.14. The molecule has 0 bridgehead atoms. The lowest BCUT2D eigenvalue weighted by Gasteiger charge is -2.14. The molecule has 0 unspecified atom stereocenters. The predicted molar refractivity (Wildman–Crippen MR) is 112 cm³/mol. The maximum Gasteiger partial charge on any atom is 0.255 e. The number of ether oxygens (including phenoxy) is 2. The summed E-state index contributed by atoms with van der Waals surface area (Å²) in [6.07, 6.45) is 1.98. The highest BCUT2D eigenvalue weighted by Gasteiger charge is 2.13. The number of carbonyl (C=O) groups is 2. The van der Waals surface area contributed by atoms with Crippen LogP contribution in [0.5, 0.6) is 11.5 Å². The summed E-state index contributed by atoms with van der Waals surface area (Å²) in [7, 11) is 0. The van der Waals surface area contributed by atoms with Crippen molar-refractivity contribution in [2.24, 2.45) is 0 Å². The fraction of sp³-hybridized carbons (Fsp3) is 0.333. The van der Waals surface area contributed by atoms with Crippen molar-refractivity contribution in [3.8, 4) is 11.5 Å². The Hall–Kier alpha value is -2.73. The molecule has 0 heterocycles. The molecule has 0 saturated carbocycles. The summed E-state index contributed by atoms with van der Waals surface area (Å²) in [5.41, 5.74) is 1.43. The topological polar surface area (TPSA) is 76.7 Å². The highest BCUT2D eigenvalue weighted by Crippen LogP contribution is 2.30. The van der Waals surface area contributed by atoms with Crippen LogP contribution in [0.15, 0.2) is 36.4 Å². The van der Waals surface area contributed by atoms with Gasteiger partial charge < -0.3 is 20.1 Å². The predicted octanol–water partition coefficient (Wildman–Crippen LogP) is 5.13. The zero-order valence-electron chi connectivity index (χ0n) is 16.3. The molecule has 0 saturated heterocycles. The van der Waals surface area contributed by atoms with E-state index in [2.05, 4.69) is 17.6 Å². The molecule has 0 atom stereocenters. The molecule has 0 aliphatic carbocycles. The van der Waals surface area contributed by atoms with Crippen LogP contribution in [0, 0.1) is 0 Å². The Bertz CT molecular complexity index is 839. The normalized spacial score (nSPS) is 10.3. The van der Waals surface area contributed by atoms with Crippen molar-refractivity contribution in [3.05, 3.63) is 47.0 Å². The van der Waals surface area contributed by atoms with Crippen LogP contribution in [0.25, 0.3) is 0 Å². The van der Waals surface area contributed by atoms with Crippen LogP contribution in [0.4, 0.5) is 11.4 Å². The van der Waals surface area contributed by atoms with Crippen LogP contribution in [0.2, 0.25) is 5.02 Å². The van der Waals surface area contributed by atoms with Gasteiger partial charge in [0.05, 0.1) is 23.9 Å². The van der Waals surface area contributed by atoms with E-state index >= 15 is 0 Å². The van der Waals surface area contributed by atoms with E-state index < -0.39 is 0 Å². The number of halogens is 1. The molecule has 0 aliphatic heterocycles. The third-order valence-corrected chi connectivity index (χ3v) is 4.11. The monoisotopic (exact) mass is 404 g/mol. The number of hydrogen-bond acceptors (Lipinski definition) is 4. The molecule has 2 aromatic rings. The zero-order valence-corrected chi connectivity index (χ0v) is 17.1. The zero-order chi connectivity index (χ0) is 20.5. The number of anilines is 2. The second-order valence-electron chi connectivity index (χ2n) is 6.13. The molecule has 2 N–H and O–H groups in total. The third-order valence-electron chi connectivity index (χ3n) is 3.80. The second kappa shape index (κ2) is 10.6. The van der Waals surface area contributed by atoms with Gasteiger partial charge in [0, 0.05) is 18.2 Å². The molecular weight excluding hydrogens is 380 g/mol. The summed E-state index contributed by atoms with van der Waals surface area (Å²) in [6, 6.07) is 9.95. The SMILES string of the molecule is CCCCOc1ccc(C(=O)Nc2ccc(NC(C)=O)cc2Cl)cc1OCC. The smallest absolute Gasteiger partial charge is 0.255 e. The molecule has 6 nitrogen and oxygen atoms in total. The van der Waals surface area contributed by atoms with E-state index in [1.54, 1.807) is 36.4 Å². The molecule has 0 aliphatic rings. The number of carbonyl (C=O) groups excluding carboxylic acids is 2. The molecule has 7 heteroatoms. The molecular formula is C21H25ClN2O4. The summed E-state index contributed by atoms with van der Waals surface area (Å²) in [5.74, 6) is 0.621. The minimum atomic E-state index is -0.324. The molecule has 150 valence electrons. The standard InChI is InChI=1S/C21H25ClN2O4/c1-4-6-11-28-19-10-7-15(12-20(19)27-5-2)21(26)24-18-9-8-16(13-17(18)22)23-14(3)25/h7-10,12-13H,4-6,11H2,1-3H3,(H,23,25)(H,24,26). The van der Waals surface area contributed by atoms with Crippen molar-refractivity contribution in [1.82, 2.24) is 0 Å². The van der Waals surface area contributed by atoms with Gasteiger partial charge in [0.1, 0.15) is 0 Å². The molecule has 0 spiro atoms. The van der Waals surface area contributed by atoms with Crippen molar-refractivity contribution >= 4 is 34.8 Å². The lowest BCUT2D eigenvalue weighted by atomic mass is 10.1. The van der Waals surface area contributed by atoms with Crippen LogP contribution < -0.4 is 20.1 Å². The fourth-order valence-electron chi connectivity index (χ4n) is 2.46. The number of rotatable bonds is 9. The van der Waals surface area contributed by atoms with Crippen LogP contribution in [0.3, 0.4) is 0 Å². The minimum Gasteiger partial charge on any atom is -0.490 e. The summed E-state index contributed by atoms with van der Waals surface area (Å²) in [6.45, 7) is 6.44. The van der Waals surface area contributed by atoms with Crippen LogP contribution >= 0.6 is 11.6 Å². The van der Waals surface area contributed by atoms with Gasteiger partial charge in [-0.15, -0.1) is 0 Å². The van der Waals surface area contributed by atoms with Crippen molar-refractivity contribution in [2.45, 2.75) is 33.6 Å². The van der Waals surface area contributed by atoms with E-state index in [9.17, 15) is 9.59 Å². The first kappa shape index (κ1) is 21.6. The van der Waals surface area contributed by atoms with Crippen LogP contribution in [-0.2, 0) is 4.79 Å². The molecule has 2 aromatic carbocycles. The van der Waals surface area contributed by atoms with Gasteiger partial charge in [0.15, 0.2) is 11.5 Å². The van der Waals surface area contributed by atoms with Gasteiger partial charge in [0.2, 0.25) is 5.91 Å². The number of unbranched alkanes of at least 4 members (excludes halogenated alkanes) is 1. The van der Waals surface area contributed by atoms with Gasteiger partial charge >= 0.3 is 0 Å². The molecule has 28 heavy (non-hydrogen) atoms. The van der Waals surface area contributed by atoms with E-state index in [4.69, 9.17) is 21.1 Å². The molecule has 2 amide bonds. The quantitative estimate of drug-likeness (QED) is 0.568. The van der Waals surface area contributed by atoms with E-state index in [1.165, 1.54) is 6.92 Å². The first-order chi connectivity index (χ1) is 13.4. The van der Waals surface area contributed by atoms with Crippen molar-refractivity contribution in [3.63, 3.8) is 0 Å². The Labute approximate surface area is 170 Å². The van der Waals surface area contributed by atoms with Crippen LogP contribution in [-0.4, -0.2) is 25.0 Å². The highest BCUT2D eigenvalue weighted by molar-refractivity contribution is 6.34. The summed E-state index contributed by atoms with van der Waals surface area (Å²) in [5, 5.41) is 5.73. The van der Waals surface area contributed by atoms with Gasteiger partial charge in [-0.1, -0.05) is 24.9 Å². The van der Waals surface area contributed by atoms with Gasteiger partial charge in [-0.3, -0.25) is 9.59 Å². The third kappa shape index (κ3) is 6.16. The van der Waals surface area contributed by atoms with Crippen molar-refractivity contribution in [1.29, 1.82) is 0 Å². The first-order valence-corrected chi connectivity index (χ1v) is 9.60. The van der Waals surface area contributed by atoms with Gasteiger partial charge in [-0.25, -0.2) is 0 Å². The Balaban J connectivity index is 2.15. The van der Waals surface area contributed by atoms with Crippen molar-refractivity contribution < 1.29 is 19.1 Å². The van der Waals surface area contributed by atoms with E-state index in [-0.39, 0.29) is 11.8 Å². The number of hydrogen-bond donors (Lipinski definition) is 2. The lowest BCUT2D eigenvalue weighted by molar-refractivity contribution is -0.114. The first-order valence-electron chi connectivity index (χ1n) is 9.22. The van der Waals surface area contributed by atoms with Gasteiger partial charge in [-0.05, 0) is 49.7 Å².